The van der Waals surface area contributed by atoms with Crippen LogP contribution in [-0.4, -0.2) is 92.4 Å². The third kappa shape index (κ3) is 14.5. The van der Waals surface area contributed by atoms with Gasteiger partial charge in [0.15, 0.2) is 0 Å². The number of hydrogen-bond donors (Lipinski definition) is 3. The molecule has 0 fully saturated rings. The summed E-state index contributed by atoms with van der Waals surface area (Å²) in [6.07, 6.45) is 5.72. The fourth-order valence-electron chi connectivity index (χ4n) is 4.80. The maximum atomic E-state index is 6.01. The number of aromatic nitrogens is 2. The zero-order valence-corrected chi connectivity index (χ0v) is 29.3. The Morgan fingerprint density at radius 1 is 0.660 bits per heavy atom. The molecule has 2 heterocycles. The molecule has 4 rings (SSSR count). The number of ether oxygens (including phenoxy) is 2. The van der Waals surface area contributed by atoms with Crippen molar-refractivity contribution in [1.82, 2.24) is 25.1 Å². The van der Waals surface area contributed by atoms with E-state index in [1.165, 1.54) is 0 Å². The van der Waals surface area contributed by atoms with E-state index in [1.807, 2.05) is 54.7 Å². The van der Waals surface area contributed by atoms with Crippen LogP contribution in [-0.2, 0) is 9.47 Å². The second kappa shape index (κ2) is 23.5. The van der Waals surface area contributed by atoms with Crippen LogP contribution in [0.1, 0.15) is 48.0 Å². The normalized spacial score (nSPS) is 11.1. The van der Waals surface area contributed by atoms with E-state index < -0.39 is 0 Å². The highest BCUT2D eigenvalue weighted by atomic mass is 35.5. The molecule has 4 aromatic rings. The second-order valence-corrected chi connectivity index (χ2v) is 11.6. The van der Waals surface area contributed by atoms with Crippen LogP contribution in [0.3, 0.4) is 0 Å². The van der Waals surface area contributed by atoms with Gasteiger partial charge in [0.1, 0.15) is 6.73 Å². The van der Waals surface area contributed by atoms with E-state index >= 15 is 0 Å². The molecule has 0 aliphatic heterocycles. The van der Waals surface area contributed by atoms with Gasteiger partial charge in [-0.15, -0.1) is 0 Å². The largest absolute Gasteiger partial charge is 0.384 e. The van der Waals surface area contributed by atoms with Gasteiger partial charge < -0.3 is 25.0 Å². The molecule has 9 nitrogen and oxygen atoms in total. The van der Waals surface area contributed by atoms with Crippen LogP contribution in [0.5, 0.6) is 0 Å². The van der Waals surface area contributed by atoms with Gasteiger partial charge >= 0.3 is 0 Å². The smallest absolute Gasteiger partial charge is 0.118 e. The second-order valence-electron chi connectivity index (χ2n) is 10.7. The Morgan fingerprint density at radius 2 is 1.23 bits per heavy atom. The summed E-state index contributed by atoms with van der Waals surface area (Å²) in [5.41, 5.74) is 3.90. The Balaban J connectivity index is 0.000000320. The van der Waals surface area contributed by atoms with Gasteiger partial charge in [-0.05, 0) is 87.6 Å². The van der Waals surface area contributed by atoms with Gasteiger partial charge in [0.2, 0.25) is 0 Å². The molecule has 0 saturated heterocycles. The molecule has 2 aromatic heterocycles. The van der Waals surface area contributed by atoms with Crippen LogP contribution in [0, 0.1) is 0 Å². The molecule has 260 valence electrons. The number of rotatable bonds is 20. The average molecular weight is 689 g/mol. The number of fused-ring (bicyclic) bond motifs is 2. The first-order valence-electron chi connectivity index (χ1n) is 16.4. The zero-order valence-electron chi connectivity index (χ0n) is 27.8. The van der Waals surface area contributed by atoms with Crippen molar-refractivity contribution in [3.63, 3.8) is 0 Å². The molecular formula is C36H55Cl2N7O2. The minimum Gasteiger partial charge on any atom is -0.384 e. The third-order valence-corrected chi connectivity index (χ3v) is 8.15. The maximum absolute atomic E-state index is 6.01. The van der Waals surface area contributed by atoms with Gasteiger partial charge in [-0.25, -0.2) is 0 Å². The molecule has 0 amide bonds. The molecule has 0 aliphatic carbocycles. The lowest BCUT2D eigenvalue weighted by Gasteiger charge is -2.18. The van der Waals surface area contributed by atoms with Crippen molar-refractivity contribution >= 4 is 56.4 Å². The third-order valence-electron chi connectivity index (χ3n) is 7.68. The highest BCUT2D eigenvalue weighted by Crippen LogP contribution is 2.25. The molecule has 0 atom stereocenters. The van der Waals surface area contributed by atoms with Crippen molar-refractivity contribution in [2.45, 2.75) is 48.0 Å². The number of halogens is 2. The number of likely N-dealkylation sites (N-methyl/N-ethyl adjacent to an activating group) is 1. The van der Waals surface area contributed by atoms with Gasteiger partial charge in [-0.2, -0.15) is 0 Å². The van der Waals surface area contributed by atoms with Crippen LogP contribution in [0.2, 0.25) is 10.0 Å². The number of benzene rings is 2. The van der Waals surface area contributed by atoms with Crippen LogP contribution >= 0.6 is 23.2 Å². The van der Waals surface area contributed by atoms with E-state index in [0.29, 0.717) is 23.5 Å². The summed E-state index contributed by atoms with van der Waals surface area (Å²) in [4.78, 5) is 13.3. The van der Waals surface area contributed by atoms with Crippen molar-refractivity contribution in [1.29, 1.82) is 0 Å². The molecule has 0 saturated carbocycles. The van der Waals surface area contributed by atoms with Gasteiger partial charge in [-0.3, -0.25) is 20.2 Å². The first-order chi connectivity index (χ1) is 22.5. The Kier molecular flexibility index (Phi) is 20.2. The molecule has 0 unspecified atom stereocenters. The van der Waals surface area contributed by atoms with Gasteiger partial charge in [0.25, 0.3) is 0 Å². The van der Waals surface area contributed by atoms with E-state index in [0.717, 1.165) is 105 Å². The molecule has 11 heteroatoms. The Bertz CT molecular complexity index is 1310. The van der Waals surface area contributed by atoms with E-state index in [-0.39, 0.29) is 7.43 Å². The summed E-state index contributed by atoms with van der Waals surface area (Å²) < 4.78 is 11.3. The summed E-state index contributed by atoms with van der Waals surface area (Å²) in [7, 11) is 0. The van der Waals surface area contributed by atoms with Crippen molar-refractivity contribution in [2.24, 2.45) is 0 Å². The Hall–Kier alpha value is -2.76. The molecular weight excluding hydrogens is 633 g/mol. The van der Waals surface area contributed by atoms with Crippen LogP contribution < -0.4 is 16.0 Å². The number of nitrogens with zero attached hydrogens (tertiary/aromatic N) is 4. The monoisotopic (exact) mass is 687 g/mol. The summed E-state index contributed by atoms with van der Waals surface area (Å²) in [6, 6.07) is 15.4. The van der Waals surface area contributed by atoms with Crippen molar-refractivity contribution in [3.8, 4) is 0 Å². The quantitative estimate of drug-likeness (QED) is 0.0629. The summed E-state index contributed by atoms with van der Waals surface area (Å²) in [5, 5.41) is 13.6. The lowest BCUT2D eigenvalue weighted by Crippen LogP contribution is -2.33. The SMILES string of the molecule is C.CCN(CC)CCNCOCNc1ccnc2cc(Cl)ccc12.CCN(CC)COCCCCNc1ccnc2cc(Cl)ccc12. The van der Waals surface area contributed by atoms with Gasteiger partial charge in [-0.1, -0.05) is 58.3 Å². The fraction of sp³-hybridized carbons (Fsp3) is 0.500. The zero-order chi connectivity index (χ0) is 33.0. The molecule has 2 aromatic carbocycles. The van der Waals surface area contributed by atoms with E-state index in [2.05, 4.69) is 63.4 Å². The average Bonchev–Trinajstić information content (AvgIpc) is 3.07. The molecule has 0 radical (unpaired) electrons. The molecule has 47 heavy (non-hydrogen) atoms. The fourth-order valence-corrected chi connectivity index (χ4v) is 5.14. The molecule has 0 spiro atoms. The maximum Gasteiger partial charge on any atom is 0.118 e. The summed E-state index contributed by atoms with van der Waals surface area (Å²) >= 11 is 12.0. The highest BCUT2D eigenvalue weighted by Gasteiger charge is 2.04. The number of unbranched alkanes of at least 4 members (excludes halogenated alkanes) is 1. The van der Waals surface area contributed by atoms with E-state index in [1.54, 1.807) is 6.20 Å². The standard InChI is InChI=1S/C18H26ClN3O.C17H25ClN4O.CH4/c1-3-22(4-2)14-23-12-6-5-10-20-17-9-11-21-18-13-15(19)7-8-16(17)18;1-3-22(4-2)10-9-19-12-23-13-21-16-7-8-20-17-11-14(18)5-6-15(16)17;/h7-9,11,13H,3-6,10,12,14H2,1-2H3,(H,20,21);5-8,11,19H,3-4,9-10,12-13H2,1-2H3,(H,20,21);1H4. The molecule has 0 aliphatic rings. The number of nitrogens with one attached hydrogen (secondary N) is 3. The number of hydrogen-bond acceptors (Lipinski definition) is 9. The first kappa shape index (κ1) is 40.4. The van der Waals surface area contributed by atoms with Crippen LogP contribution in [0.25, 0.3) is 21.8 Å². The van der Waals surface area contributed by atoms with Crippen LogP contribution in [0.4, 0.5) is 11.4 Å². The molecule has 0 bridgehead atoms. The minimum atomic E-state index is 0. The lowest BCUT2D eigenvalue weighted by molar-refractivity contribution is 0.0328. The minimum absolute atomic E-state index is 0. The first-order valence-corrected chi connectivity index (χ1v) is 17.1. The van der Waals surface area contributed by atoms with Crippen molar-refractivity contribution < 1.29 is 9.47 Å². The van der Waals surface area contributed by atoms with Crippen molar-refractivity contribution in [2.75, 3.05) is 83.2 Å². The number of anilines is 2. The lowest BCUT2D eigenvalue weighted by atomic mass is 10.2. The van der Waals surface area contributed by atoms with Gasteiger partial charge in [0, 0.05) is 70.8 Å². The molecule has 3 N–H and O–H groups in total. The van der Waals surface area contributed by atoms with E-state index in [4.69, 9.17) is 32.7 Å². The highest BCUT2D eigenvalue weighted by molar-refractivity contribution is 6.31. The Labute approximate surface area is 292 Å². The van der Waals surface area contributed by atoms with E-state index in [9.17, 15) is 0 Å². The Morgan fingerprint density at radius 3 is 1.81 bits per heavy atom. The predicted molar refractivity (Wildman–Crippen MR) is 202 cm³/mol. The number of pyridine rings is 2. The van der Waals surface area contributed by atoms with Crippen molar-refractivity contribution in [3.05, 3.63) is 71.0 Å². The van der Waals surface area contributed by atoms with Gasteiger partial charge in [0.05, 0.1) is 24.5 Å². The summed E-state index contributed by atoms with van der Waals surface area (Å²) in [5.74, 6) is 0. The topological polar surface area (TPSA) is 86.8 Å². The van der Waals surface area contributed by atoms with Crippen LogP contribution in [0.15, 0.2) is 60.9 Å². The predicted octanol–water partition coefficient (Wildman–Crippen LogP) is 8.20. The summed E-state index contributed by atoms with van der Waals surface area (Å²) in [6.45, 7) is 18.3.